The maximum absolute atomic E-state index is 13.3. The Morgan fingerprint density at radius 2 is 1.75 bits per heavy atom. The zero-order valence-corrected chi connectivity index (χ0v) is 11.4. The summed E-state index contributed by atoms with van der Waals surface area (Å²) < 4.78 is 52.1. The van der Waals surface area contributed by atoms with Gasteiger partial charge >= 0.3 is 6.18 Å². The molecule has 114 valence electrons. The van der Waals surface area contributed by atoms with Crippen LogP contribution < -0.4 is 5.73 Å². The van der Waals surface area contributed by atoms with Crippen LogP contribution >= 0.6 is 12.4 Å². The van der Waals surface area contributed by atoms with E-state index in [2.05, 4.69) is 0 Å². The first-order valence-corrected chi connectivity index (χ1v) is 6.16. The summed E-state index contributed by atoms with van der Waals surface area (Å²) in [5.41, 5.74) is 4.28. The van der Waals surface area contributed by atoms with Crippen LogP contribution in [-0.2, 0) is 6.18 Å². The Labute approximate surface area is 120 Å². The minimum absolute atomic E-state index is 0. The van der Waals surface area contributed by atoms with Crippen molar-refractivity contribution in [3.63, 3.8) is 0 Å². The van der Waals surface area contributed by atoms with E-state index >= 15 is 0 Å². The quantitative estimate of drug-likeness (QED) is 0.805. The SMILES string of the molecule is Cl.N[C@@H](c1c(C(F)(F)F)ccc(F)c1O)C1CCCC1. The molecule has 7 heteroatoms. The molecule has 1 aromatic carbocycles. The van der Waals surface area contributed by atoms with Gasteiger partial charge in [-0.3, -0.25) is 0 Å². The van der Waals surface area contributed by atoms with Crippen molar-refractivity contribution in [3.05, 3.63) is 29.1 Å². The van der Waals surface area contributed by atoms with Crippen molar-refractivity contribution >= 4 is 12.4 Å². The second-order valence-electron chi connectivity index (χ2n) is 4.93. The molecule has 0 aliphatic heterocycles. The zero-order chi connectivity index (χ0) is 14.2. The van der Waals surface area contributed by atoms with Crippen molar-refractivity contribution in [1.82, 2.24) is 0 Å². The van der Waals surface area contributed by atoms with E-state index in [9.17, 15) is 22.7 Å². The molecule has 20 heavy (non-hydrogen) atoms. The highest BCUT2D eigenvalue weighted by Crippen LogP contribution is 2.44. The lowest BCUT2D eigenvalue weighted by Gasteiger charge is -2.24. The average molecular weight is 314 g/mol. The lowest BCUT2D eigenvalue weighted by molar-refractivity contribution is -0.138. The fourth-order valence-electron chi connectivity index (χ4n) is 2.72. The van der Waals surface area contributed by atoms with Crippen molar-refractivity contribution in [3.8, 4) is 5.75 Å². The van der Waals surface area contributed by atoms with Gasteiger partial charge in [0.1, 0.15) is 0 Å². The summed E-state index contributed by atoms with van der Waals surface area (Å²) in [6.07, 6.45) is -1.45. The fourth-order valence-corrected chi connectivity index (χ4v) is 2.72. The number of nitrogens with two attached hydrogens (primary N) is 1. The molecule has 1 aliphatic carbocycles. The minimum atomic E-state index is -4.66. The van der Waals surface area contributed by atoms with Crippen molar-refractivity contribution in [2.45, 2.75) is 37.9 Å². The Bertz CT molecular complexity index is 472. The molecular weight excluding hydrogens is 298 g/mol. The molecule has 0 aromatic heterocycles. The van der Waals surface area contributed by atoms with E-state index in [0.717, 1.165) is 12.8 Å². The monoisotopic (exact) mass is 313 g/mol. The number of phenols is 1. The molecule has 1 fully saturated rings. The van der Waals surface area contributed by atoms with Gasteiger partial charge in [0, 0.05) is 11.6 Å². The third-order valence-corrected chi connectivity index (χ3v) is 3.71. The summed E-state index contributed by atoms with van der Waals surface area (Å²) in [5, 5.41) is 9.62. The van der Waals surface area contributed by atoms with Crippen LogP contribution in [0.2, 0.25) is 0 Å². The first-order chi connectivity index (χ1) is 8.82. The highest BCUT2D eigenvalue weighted by atomic mass is 35.5. The van der Waals surface area contributed by atoms with Crippen LogP contribution in [0.1, 0.15) is 42.9 Å². The van der Waals surface area contributed by atoms with Gasteiger partial charge in [-0.1, -0.05) is 12.8 Å². The van der Waals surface area contributed by atoms with Gasteiger partial charge in [0.25, 0.3) is 0 Å². The van der Waals surface area contributed by atoms with Gasteiger partial charge in [0.15, 0.2) is 11.6 Å². The van der Waals surface area contributed by atoms with Gasteiger partial charge in [0.2, 0.25) is 0 Å². The Kier molecular flexibility index (Phi) is 5.27. The summed E-state index contributed by atoms with van der Waals surface area (Å²) in [6.45, 7) is 0. The highest BCUT2D eigenvalue weighted by molar-refractivity contribution is 5.85. The largest absolute Gasteiger partial charge is 0.505 e. The van der Waals surface area contributed by atoms with E-state index < -0.39 is 34.9 Å². The van der Waals surface area contributed by atoms with Crippen LogP contribution in [0.4, 0.5) is 17.6 Å². The van der Waals surface area contributed by atoms with Gasteiger partial charge in [-0.15, -0.1) is 12.4 Å². The molecule has 1 aliphatic rings. The topological polar surface area (TPSA) is 46.2 Å². The number of alkyl halides is 3. The van der Waals surface area contributed by atoms with E-state index in [1.165, 1.54) is 0 Å². The molecule has 0 heterocycles. The van der Waals surface area contributed by atoms with E-state index in [0.29, 0.717) is 25.0 Å². The molecule has 2 rings (SSSR count). The Morgan fingerprint density at radius 1 is 1.20 bits per heavy atom. The molecule has 1 aromatic rings. The van der Waals surface area contributed by atoms with Gasteiger partial charge in [0.05, 0.1) is 5.56 Å². The van der Waals surface area contributed by atoms with Crippen LogP contribution in [0, 0.1) is 11.7 Å². The van der Waals surface area contributed by atoms with Gasteiger partial charge < -0.3 is 10.8 Å². The van der Waals surface area contributed by atoms with E-state index in [-0.39, 0.29) is 18.3 Å². The normalized spacial score (nSPS) is 17.9. The number of phenolic OH excluding ortho intramolecular Hbond substituents is 1. The maximum atomic E-state index is 13.3. The second-order valence-corrected chi connectivity index (χ2v) is 4.93. The first kappa shape index (κ1) is 17.0. The van der Waals surface area contributed by atoms with Crippen LogP contribution in [0.3, 0.4) is 0 Å². The predicted octanol–water partition coefficient (Wildman–Crippen LogP) is 4.16. The molecule has 1 saturated carbocycles. The average Bonchev–Trinajstić information content (AvgIpc) is 2.83. The predicted molar refractivity (Wildman–Crippen MR) is 69.2 cm³/mol. The number of rotatable bonds is 2. The number of aromatic hydroxyl groups is 1. The van der Waals surface area contributed by atoms with E-state index in [4.69, 9.17) is 5.73 Å². The van der Waals surface area contributed by atoms with E-state index in [1.807, 2.05) is 0 Å². The number of benzene rings is 1. The van der Waals surface area contributed by atoms with Gasteiger partial charge in [-0.25, -0.2) is 4.39 Å². The lowest BCUT2D eigenvalue weighted by atomic mass is 9.88. The van der Waals surface area contributed by atoms with Crippen LogP contribution in [-0.4, -0.2) is 5.11 Å². The highest BCUT2D eigenvalue weighted by Gasteiger charge is 2.39. The molecule has 1 atom stereocenters. The first-order valence-electron chi connectivity index (χ1n) is 6.16. The van der Waals surface area contributed by atoms with E-state index in [1.54, 1.807) is 0 Å². The number of hydrogen-bond donors (Lipinski definition) is 2. The van der Waals surface area contributed by atoms with Crippen molar-refractivity contribution in [2.24, 2.45) is 11.7 Å². The Balaban J connectivity index is 0.00000200. The summed E-state index contributed by atoms with van der Waals surface area (Å²) in [6, 6.07) is 0.261. The number of halogens is 5. The van der Waals surface area contributed by atoms with Crippen LogP contribution in [0.25, 0.3) is 0 Å². The zero-order valence-electron chi connectivity index (χ0n) is 10.6. The summed E-state index contributed by atoms with van der Waals surface area (Å²) >= 11 is 0. The fraction of sp³-hybridized carbons (Fsp3) is 0.538. The molecule has 0 spiro atoms. The smallest absolute Gasteiger partial charge is 0.416 e. The van der Waals surface area contributed by atoms with Crippen LogP contribution in [0.5, 0.6) is 5.75 Å². The summed E-state index contributed by atoms with van der Waals surface area (Å²) in [5.74, 6) is -2.19. The van der Waals surface area contributed by atoms with Crippen molar-refractivity contribution in [1.29, 1.82) is 0 Å². The Hall–Kier alpha value is -1.01. The molecule has 2 nitrogen and oxygen atoms in total. The molecule has 3 N–H and O–H groups in total. The minimum Gasteiger partial charge on any atom is -0.505 e. The standard InChI is InChI=1S/C13H15F4NO.ClH/c14-9-6-5-8(13(15,16)17)10(12(9)19)11(18)7-3-1-2-4-7;/h5-7,11,19H,1-4,18H2;1H/t11-;/m1./s1. The summed E-state index contributed by atoms with van der Waals surface area (Å²) in [4.78, 5) is 0. The van der Waals surface area contributed by atoms with Crippen molar-refractivity contribution in [2.75, 3.05) is 0 Å². The lowest BCUT2D eigenvalue weighted by Crippen LogP contribution is -2.23. The van der Waals surface area contributed by atoms with Crippen molar-refractivity contribution < 1.29 is 22.7 Å². The molecule has 0 radical (unpaired) electrons. The van der Waals surface area contributed by atoms with Gasteiger partial charge in [-0.2, -0.15) is 13.2 Å². The molecule has 0 amide bonds. The van der Waals surface area contributed by atoms with Gasteiger partial charge in [-0.05, 0) is 30.9 Å². The third kappa shape index (κ3) is 3.17. The van der Waals surface area contributed by atoms with Crippen LogP contribution in [0.15, 0.2) is 12.1 Å². The molecule has 0 saturated heterocycles. The molecular formula is C13H16ClF4NO. The maximum Gasteiger partial charge on any atom is 0.416 e. The Morgan fingerprint density at radius 3 is 2.25 bits per heavy atom. The third-order valence-electron chi connectivity index (χ3n) is 3.71. The number of hydrogen-bond acceptors (Lipinski definition) is 2. The summed E-state index contributed by atoms with van der Waals surface area (Å²) in [7, 11) is 0. The molecule has 0 bridgehead atoms. The molecule has 0 unspecified atom stereocenters. The second kappa shape index (κ2) is 6.18.